The summed E-state index contributed by atoms with van der Waals surface area (Å²) in [7, 11) is 1.57. The van der Waals surface area contributed by atoms with Crippen molar-refractivity contribution in [2.45, 2.75) is 13.0 Å². The summed E-state index contributed by atoms with van der Waals surface area (Å²) >= 11 is 1.63. The van der Waals surface area contributed by atoms with Crippen LogP contribution < -0.4 is 15.4 Å². The number of hydrogen-bond acceptors (Lipinski definition) is 4. The quantitative estimate of drug-likeness (QED) is 0.702. The first kappa shape index (κ1) is 17.0. The predicted molar refractivity (Wildman–Crippen MR) is 100 cm³/mol. The van der Waals surface area contributed by atoms with Gasteiger partial charge in [0.2, 0.25) is 0 Å². The lowest BCUT2D eigenvalue weighted by Gasteiger charge is -2.17. The Hall–Kier alpha value is -2.86. The number of benzene rings is 2. The van der Waals surface area contributed by atoms with E-state index in [9.17, 15) is 9.59 Å². The van der Waals surface area contributed by atoms with Crippen LogP contribution in [0.4, 0.5) is 5.69 Å². The van der Waals surface area contributed by atoms with Gasteiger partial charge in [0.25, 0.3) is 0 Å². The molecule has 5 nitrogen and oxygen atoms in total. The number of hydrogen-bond donors (Lipinski definition) is 2. The fourth-order valence-electron chi connectivity index (χ4n) is 2.60. The van der Waals surface area contributed by atoms with Gasteiger partial charge in [-0.25, -0.2) is 0 Å². The molecule has 0 aliphatic carbocycles. The van der Waals surface area contributed by atoms with Crippen LogP contribution in [0.5, 0.6) is 5.75 Å². The second kappa shape index (κ2) is 7.36. The average Bonchev–Trinajstić information content (AvgIpc) is 3.09. The molecule has 1 atom stereocenters. The van der Waals surface area contributed by atoms with E-state index < -0.39 is 11.8 Å². The van der Waals surface area contributed by atoms with Gasteiger partial charge >= 0.3 is 11.8 Å². The third-order valence-electron chi connectivity index (χ3n) is 3.87. The van der Waals surface area contributed by atoms with E-state index in [4.69, 9.17) is 4.74 Å². The van der Waals surface area contributed by atoms with Gasteiger partial charge in [0, 0.05) is 16.0 Å². The molecule has 3 rings (SSSR count). The number of anilines is 1. The number of para-hydroxylation sites is 1. The van der Waals surface area contributed by atoms with Gasteiger partial charge in [-0.05, 0) is 48.0 Å². The highest BCUT2D eigenvalue weighted by Crippen LogP contribution is 2.25. The van der Waals surface area contributed by atoms with Crippen LogP contribution >= 0.6 is 11.3 Å². The Morgan fingerprint density at radius 3 is 2.68 bits per heavy atom. The highest BCUT2D eigenvalue weighted by molar-refractivity contribution is 7.17. The first-order valence-electron chi connectivity index (χ1n) is 7.80. The van der Waals surface area contributed by atoms with Crippen LogP contribution in [0.2, 0.25) is 0 Å². The van der Waals surface area contributed by atoms with Crippen molar-refractivity contribution < 1.29 is 14.3 Å². The number of rotatable bonds is 4. The molecule has 0 saturated carbocycles. The summed E-state index contributed by atoms with van der Waals surface area (Å²) in [5.74, 6) is -0.723. The minimum atomic E-state index is -0.698. The second-order valence-corrected chi connectivity index (χ2v) is 6.51. The molecule has 0 saturated heterocycles. The van der Waals surface area contributed by atoms with Gasteiger partial charge < -0.3 is 15.4 Å². The number of methoxy groups -OCH3 is 1. The lowest BCUT2D eigenvalue weighted by atomic mass is 10.1. The van der Waals surface area contributed by atoms with Crippen molar-refractivity contribution in [2.75, 3.05) is 12.4 Å². The number of thiophene rings is 1. The van der Waals surface area contributed by atoms with Crippen molar-refractivity contribution >= 4 is 38.9 Å². The molecule has 2 aromatic carbocycles. The Morgan fingerprint density at radius 1 is 1.08 bits per heavy atom. The third kappa shape index (κ3) is 3.80. The minimum Gasteiger partial charge on any atom is -0.496 e. The summed E-state index contributed by atoms with van der Waals surface area (Å²) < 4.78 is 6.42. The fraction of sp³-hybridized carbons (Fsp3) is 0.158. The number of ether oxygens (including phenoxy) is 1. The standard InChI is InChI=1S/C19H18N2O3S/c1-12(15-5-3-4-6-16(15)24-2)20-18(22)19(23)21-14-7-8-17-13(11-14)9-10-25-17/h3-12H,1-2H3,(H,20,22)(H,21,23)/t12-/m0/s1. The number of carbonyl (C=O) groups excluding carboxylic acids is 2. The van der Waals surface area contributed by atoms with Crippen LogP contribution in [0.25, 0.3) is 10.1 Å². The van der Waals surface area contributed by atoms with E-state index in [1.807, 2.05) is 47.8 Å². The number of amides is 2. The summed E-state index contributed by atoms with van der Waals surface area (Å²) in [5, 5.41) is 8.34. The maximum absolute atomic E-state index is 12.2. The van der Waals surface area contributed by atoms with Crippen molar-refractivity contribution in [2.24, 2.45) is 0 Å². The van der Waals surface area contributed by atoms with Crippen molar-refractivity contribution in [1.82, 2.24) is 5.32 Å². The highest BCUT2D eigenvalue weighted by Gasteiger charge is 2.19. The first-order valence-corrected chi connectivity index (χ1v) is 8.68. The van der Waals surface area contributed by atoms with E-state index in [0.29, 0.717) is 11.4 Å². The molecular weight excluding hydrogens is 336 g/mol. The first-order chi connectivity index (χ1) is 12.1. The normalized spacial score (nSPS) is 11.8. The van der Waals surface area contributed by atoms with E-state index in [-0.39, 0.29) is 6.04 Å². The number of nitrogens with one attached hydrogen (secondary N) is 2. The van der Waals surface area contributed by atoms with Crippen LogP contribution in [0.1, 0.15) is 18.5 Å². The molecule has 0 aliphatic heterocycles. The molecule has 2 N–H and O–H groups in total. The molecule has 1 heterocycles. The lowest BCUT2D eigenvalue weighted by Crippen LogP contribution is -2.37. The van der Waals surface area contributed by atoms with Gasteiger partial charge in [-0.3, -0.25) is 9.59 Å². The monoisotopic (exact) mass is 354 g/mol. The summed E-state index contributed by atoms with van der Waals surface area (Å²) in [6.07, 6.45) is 0. The van der Waals surface area contributed by atoms with Crippen molar-refractivity contribution in [1.29, 1.82) is 0 Å². The van der Waals surface area contributed by atoms with E-state index in [1.54, 1.807) is 31.4 Å². The van der Waals surface area contributed by atoms with Crippen LogP contribution in [0.15, 0.2) is 53.9 Å². The minimum absolute atomic E-state index is 0.353. The molecule has 0 radical (unpaired) electrons. The summed E-state index contributed by atoms with van der Waals surface area (Å²) in [5.41, 5.74) is 1.40. The molecule has 0 unspecified atom stereocenters. The molecule has 0 spiro atoms. The van der Waals surface area contributed by atoms with Crippen molar-refractivity contribution in [3.8, 4) is 5.75 Å². The van der Waals surface area contributed by atoms with E-state index in [1.165, 1.54) is 0 Å². The third-order valence-corrected chi connectivity index (χ3v) is 4.77. The zero-order valence-electron chi connectivity index (χ0n) is 13.9. The highest BCUT2D eigenvalue weighted by atomic mass is 32.1. The Kier molecular flexibility index (Phi) is 5.00. The van der Waals surface area contributed by atoms with Crippen LogP contribution in [0.3, 0.4) is 0 Å². The Bertz CT molecular complexity index is 920. The maximum Gasteiger partial charge on any atom is 0.313 e. The van der Waals surface area contributed by atoms with Crippen molar-refractivity contribution in [3.63, 3.8) is 0 Å². The van der Waals surface area contributed by atoms with Gasteiger partial charge in [-0.2, -0.15) is 0 Å². The lowest BCUT2D eigenvalue weighted by molar-refractivity contribution is -0.136. The molecule has 0 aliphatic rings. The van der Waals surface area contributed by atoms with Crippen LogP contribution in [-0.2, 0) is 9.59 Å². The topological polar surface area (TPSA) is 67.4 Å². The zero-order valence-corrected chi connectivity index (χ0v) is 14.7. The Balaban J connectivity index is 1.66. The average molecular weight is 354 g/mol. The van der Waals surface area contributed by atoms with Gasteiger partial charge in [0.05, 0.1) is 13.2 Å². The van der Waals surface area contributed by atoms with Gasteiger partial charge in [-0.1, -0.05) is 18.2 Å². The molecule has 1 aromatic heterocycles. The molecular formula is C19H18N2O3S. The van der Waals surface area contributed by atoms with Crippen molar-refractivity contribution in [3.05, 3.63) is 59.5 Å². The maximum atomic E-state index is 12.2. The SMILES string of the molecule is COc1ccccc1[C@H](C)NC(=O)C(=O)Nc1ccc2sccc2c1. The Labute approximate surface area is 149 Å². The molecule has 128 valence electrons. The smallest absolute Gasteiger partial charge is 0.313 e. The van der Waals surface area contributed by atoms with Gasteiger partial charge in [0.1, 0.15) is 5.75 Å². The van der Waals surface area contributed by atoms with Gasteiger partial charge in [-0.15, -0.1) is 11.3 Å². The fourth-order valence-corrected chi connectivity index (χ4v) is 3.37. The number of fused-ring (bicyclic) bond motifs is 1. The summed E-state index contributed by atoms with van der Waals surface area (Å²) in [6.45, 7) is 1.81. The molecule has 0 bridgehead atoms. The second-order valence-electron chi connectivity index (χ2n) is 5.56. The van der Waals surface area contributed by atoms with Gasteiger partial charge in [0.15, 0.2) is 0 Å². The molecule has 25 heavy (non-hydrogen) atoms. The zero-order chi connectivity index (χ0) is 17.8. The molecule has 6 heteroatoms. The van der Waals surface area contributed by atoms with E-state index in [0.717, 1.165) is 15.6 Å². The summed E-state index contributed by atoms with van der Waals surface area (Å²) in [4.78, 5) is 24.3. The molecule has 0 fully saturated rings. The predicted octanol–water partition coefficient (Wildman–Crippen LogP) is 3.73. The molecule has 2 amide bonds. The number of carbonyl (C=O) groups is 2. The molecule has 3 aromatic rings. The summed E-state index contributed by atoms with van der Waals surface area (Å²) in [6, 6.07) is 14.5. The van der Waals surface area contributed by atoms with E-state index >= 15 is 0 Å². The van der Waals surface area contributed by atoms with E-state index in [2.05, 4.69) is 10.6 Å². The van der Waals surface area contributed by atoms with Crippen LogP contribution in [-0.4, -0.2) is 18.9 Å². The largest absolute Gasteiger partial charge is 0.496 e. The van der Waals surface area contributed by atoms with Crippen LogP contribution in [0, 0.1) is 0 Å². The Morgan fingerprint density at radius 2 is 1.88 bits per heavy atom.